The summed E-state index contributed by atoms with van der Waals surface area (Å²) in [6.45, 7) is 1.82. The third-order valence-corrected chi connectivity index (χ3v) is 3.16. The molecule has 0 saturated carbocycles. The molecule has 0 atom stereocenters. The number of pyridine rings is 2. The van der Waals surface area contributed by atoms with Crippen molar-refractivity contribution in [2.45, 2.75) is 13.5 Å². The van der Waals surface area contributed by atoms with E-state index in [1.165, 1.54) is 28.8 Å². The first kappa shape index (κ1) is 14.6. The maximum absolute atomic E-state index is 12.1. The molecule has 3 aromatic heterocycles. The molecule has 8 nitrogen and oxygen atoms in total. The Kier molecular flexibility index (Phi) is 3.71. The molecule has 3 aromatic rings. The van der Waals surface area contributed by atoms with Crippen LogP contribution in [0.4, 0.5) is 5.82 Å². The highest BCUT2D eigenvalue weighted by Gasteiger charge is 2.16. The SMILES string of the molecule is Cc1ccc2nc(COc3cccnc3[N+](=O)[O-])cc(=O)n2c1. The fourth-order valence-corrected chi connectivity index (χ4v) is 2.12. The third kappa shape index (κ3) is 3.00. The Morgan fingerprint density at radius 2 is 2.17 bits per heavy atom. The number of nitrogens with zero attached hydrogens (tertiary/aromatic N) is 4. The summed E-state index contributed by atoms with van der Waals surface area (Å²) in [5.74, 6) is -0.343. The van der Waals surface area contributed by atoms with Gasteiger partial charge in [0.15, 0.2) is 0 Å². The first-order valence-corrected chi connectivity index (χ1v) is 6.76. The number of fused-ring (bicyclic) bond motifs is 1. The molecule has 3 rings (SSSR count). The van der Waals surface area contributed by atoms with Crippen molar-refractivity contribution in [3.63, 3.8) is 0 Å². The molecule has 0 unspecified atom stereocenters. The summed E-state index contributed by atoms with van der Waals surface area (Å²) in [5, 5.41) is 10.9. The summed E-state index contributed by atoms with van der Waals surface area (Å²) >= 11 is 0. The van der Waals surface area contributed by atoms with Gasteiger partial charge in [0.05, 0.1) is 5.69 Å². The van der Waals surface area contributed by atoms with Gasteiger partial charge in [-0.2, -0.15) is 0 Å². The number of ether oxygens (including phenoxy) is 1. The van der Waals surface area contributed by atoms with Crippen LogP contribution in [-0.2, 0) is 6.61 Å². The highest BCUT2D eigenvalue weighted by atomic mass is 16.6. The topological polar surface area (TPSA) is 99.6 Å². The van der Waals surface area contributed by atoms with Crippen molar-refractivity contribution in [2.75, 3.05) is 0 Å². The van der Waals surface area contributed by atoms with E-state index in [-0.39, 0.29) is 23.7 Å². The number of hydrogen-bond acceptors (Lipinski definition) is 6. The van der Waals surface area contributed by atoms with Crippen LogP contribution in [0, 0.1) is 17.0 Å². The van der Waals surface area contributed by atoms with Gasteiger partial charge in [0, 0.05) is 12.3 Å². The van der Waals surface area contributed by atoms with E-state index in [0.29, 0.717) is 11.3 Å². The fraction of sp³-hybridized carbons (Fsp3) is 0.133. The lowest BCUT2D eigenvalue weighted by Gasteiger charge is -2.07. The number of aryl methyl sites for hydroxylation is 1. The Balaban J connectivity index is 1.90. The van der Waals surface area contributed by atoms with E-state index in [0.717, 1.165) is 5.56 Å². The molecule has 116 valence electrons. The zero-order valence-corrected chi connectivity index (χ0v) is 12.2. The van der Waals surface area contributed by atoms with E-state index in [1.54, 1.807) is 12.3 Å². The molecule has 0 spiro atoms. The van der Waals surface area contributed by atoms with E-state index in [2.05, 4.69) is 9.97 Å². The summed E-state index contributed by atoms with van der Waals surface area (Å²) < 4.78 is 6.83. The van der Waals surface area contributed by atoms with Crippen LogP contribution in [0.5, 0.6) is 5.75 Å². The van der Waals surface area contributed by atoms with Crippen molar-refractivity contribution in [2.24, 2.45) is 0 Å². The van der Waals surface area contributed by atoms with E-state index in [9.17, 15) is 14.9 Å². The van der Waals surface area contributed by atoms with Crippen LogP contribution in [-0.4, -0.2) is 19.3 Å². The van der Waals surface area contributed by atoms with Crippen LogP contribution >= 0.6 is 0 Å². The van der Waals surface area contributed by atoms with Crippen LogP contribution < -0.4 is 10.3 Å². The average Bonchev–Trinajstić information content (AvgIpc) is 2.54. The Labute approximate surface area is 130 Å². The van der Waals surface area contributed by atoms with Crippen molar-refractivity contribution in [1.82, 2.24) is 14.4 Å². The summed E-state index contributed by atoms with van der Waals surface area (Å²) in [5.41, 5.74) is 1.58. The molecule has 8 heteroatoms. The molecule has 0 aliphatic rings. The lowest BCUT2D eigenvalue weighted by molar-refractivity contribution is -0.390. The van der Waals surface area contributed by atoms with Crippen molar-refractivity contribution in [3.05, 3.63) is 74.5 Å². The average molecular weight is 312 g/mol. The van der Waals surface area contributed by atoms with Gasteiger partial charge in [-0.05, 0) is 40.6 Å². The number of aromatic nitrogens is 3. The van der Waals surface area contributed by atoms with Crippen LogP contribution in [0.1, 0.15) is 11.3 Å². The highest BCUT2D eigenvalue weighted by molar-refractivity contribution is 5.41. The lowest BCUT2D eigenvalue weighted by Crippen LogP contribution is -2.16. The molecule has 0 amide bonds. The maximum Gasteiger partial charge on any atom is 0.406 e. The second-order valence-corrected chi connectivity index (χ2v) is 4.89. The molecular weight excluding hydrogens is 300 g/mol. The molecule has 0 aromatic carbocycles. The van der Waals surface area contributed by atoms with Crippen LogP contribution in [0.25, 0.3) is 5.65 Å². The van der Waals surface area contributed by atoms with E-state index >= 15 is 0 Å². The molecule has 0 radical (unpaired) electrons. The minimum Gasteiger partial charge on any atom is -0.479 e. The maximum atomic E-state index is 12.1. The number of nitro groups is 1. The van der Waals surface area contributed by atoms with Gasteiger partial charge in [-0.1, -0.05) is 6.07 Å². The standard InChI is InChI=1S/C15H12N4O4/c1-10-4-5-13-17-11(7-14(20)18(13)8-10)9-23-12-3-2-6-16-15(12)19(21)22/h2-8H,9H2,1H3. The van der Waals surface area contributed by atoms with E-state index in [1.807, 2.05) is 13.0 Å². The molecular formula is C15H12N4O4. The smallest absolute Gasteiger partial charge is 0.406 e. The molecule has 23 heavy (non-hydrogen) atoms. The first-order valence-electron chi connectivity index (χ1n) is 6.76. The number of hydrogen-bond donors (Lipinski definition) is 0. The highest BCUT2D eigenvalue weighted by Crippen LogP contribution is 2.23. The second kappa shape index (κ2) is 5.84. The molecule has 0 fully saturated rings. The quantitative estimate of drug-likeness (QED) is 0.538. The predicted molar refractivity (Wildman–Crippen MR) is 81.4 cm³/mol. The Bertz CT molecular complexity index is 952. The van der Waals surface area contributed by atoms with Gasteiger partial charge in [-0.15, -0.1) is 0 Å². The zero-order valence-electron chi connectivity index (χ0n) is 12.2. The Morgan fingerprint density at radius 3 is 2.96 bits per heavy atom. The van der Waals surface area contributed by atoms with Gasteiger partial charge < -0.3 is 14.9 Å². The van der Waals surface area contributed by atoms with Gasteiger partial charge in [0.2, 0.25) is 5.75 Å². The van der Waals surface area contributed by atoms with Gasteiger partial charge in [-0.3, -0.25) is 9.20 Å². The van der Waals surface area contributed by atoms with Gasteiger partial charge in [0.1, 0.15) is 18.5 Å². The summed E-state index contributed by atoms with van der Waals surface area (Å²) in [4.78, 5) is 30.3. The third-order valence-electron chi connectivity index (χ3n) is 3.16. The van der Waals surface area contributed by atoms with Crippen LogP contribution in [0.15, 0.2) is 47.5 Å². The van der Waals surface area contributed by atoms with Crippen molar-refractivity contribution < 1.29 is 9.66 Å². The lowest BCUT2D eigenvalue weighted by atomic mass is 10.3. The van der Waals surface area contributed by atoms with E-state index in [4.69, 9.17) is 4.74 Å². The van der Waals surface area contributed by atoms with E-state index < -0.39 is 4.92 Å². The fourth-order valence-electron chi connectivity index (χ4n) is 2.12. The minimum atomic E-state index is -0.624. The molecule has 0 aliphatic carbocycles. The van der Waals surface area contributed by atoms with Gasteiger partial charge in [0.25, 0.3) is 5.56 Å². The van der Waals surface area contributed by atoms with Gasteiger partial charge >= 0.3 is 5.82 Å². The van der Waals surface area contributed by atoms with Crippen molar-refractivity contribution in [3.8, 4) is 5.75 Å². The van der Waals surface area contributed by atoms with Crippen LogP contribution in [0.2, 0.25) is 0 Å². The molecule has 0 aliphatic heterocycles. The minimum absolute atomic E-state index is 0.0309. The normalized spacial score (nSPS) is 10.7. The van der Waals surface area contributed by atoms with Crippen molar-refractivity contribution >= 4 is 11.5 Å². The van der Waals surface area contributed by atoms with Crippen molar-refractivity contribution in [1.29, 1.82) is 0 Å². The predicted octanol–water partition coefficient (Wildman–Crippen LogP) is 1.89. The van der Waals surface area contributed by atoms with Gasteiger partial charge in [-0.25, -0.2) is 4.98 Å². The number of rotatable bonds is 4. The summed E-state index contributed by atoms with van der Waals surface area (Å²) in [6.07, 6.45) is 3.01. The first-order chi connectivity index (χ1) is 11.0. The zero-order chi connectivity index (χ0) is 16.4. The second-order valence-electron chi connectivity index (χ2n) is 4.89. The molecule has 0 bridgehead atoms. The Morgan fingerprint density at radius 1 is 1.35 bits per heavy atom. The summed E-state index contributed by atoms with van der Waals surface area (Å²) in [6, 6.07) is 7.90. The Hall–Kier alpha value is -3.29. The summed E-state index contributed by atoms with van der Waals surface area (Å²) in [7, 11) is 0. The molecule has 0 saturated heterocycles. The molecule has 3 heterocycles. The monoisotopic (exact) mass is 312 g/mol. The molecule has 0 N–H and O–H groups in total. The van der Waals surface area contributed by atoms with Crippen LogP contribution in [0.3, 0.4) is 0 Å². The largest absolute Gasteiger partial charge is 0.479 e.